The molecule has 1 aromatic carbocycles. The number of carbonyl (C=O) groups is 2. The molecule has 2 atom stereocenters. The number of ether oxygens (including phenoxy) is 1. The molecule has 0 fully saturated rings. The predicted molar refractivity (Wildman–Crippen MR) is 101 cm³/mol. The fourth-order valence-corrected chi connectivity index (χ4v) is 4.30. The highest BCUT2D eigenvalue weighted by Crippen LogP contribution is 2.32. The van der Waals surface area contributed by atoms with Crippen molar-refractivity contribution >= 4 is 23.1 Å². The molecule has 0 saturated heterocycles. The fraction of sp³-hybridized carbons (Fsp3) is 0.429. The summed E-state index contributed by atoms with van der Waals surface area (Å²) in [6.07, 6.45) is 2.44. The highest BCUT2D eigenvalue weighted by atomic mass is 32.1. The molecule has 0 spiro atoms. The average molecular weight is 356 g/mol. The van der Waals surface area contributed by atoms with Gasteiger partial charge in [-0.1, -0.05) is 19.1 Å². The van der Waals surface area contributed by atoms with Crippen LogP contribution in [0.5, 0.6) is 0 Å². The number of aryl methyl sites for hydroxylation is 3. The monoisotopic (exact) mass is 356 g/mol. The van der Waals surface area contributed by atoms with Crippen molar-refractivity contribution < 1.29 is 14.3 Å². The number of benzene rings is 1. The lowest BCUT2D eigenvalue weighted by molar-refractivity contribution is 0.0323. The van der Waals surface area contributed by atoms with E-state index in [2.05, 4.69) is 6.92 Å². The van der Waals surface area contributed by atoms with Gasteiger partial charge in [-0.15, -0.1) is 11.3 Å². The summed E-state index contributed by atoms with van der Waals surface area (Å²) in [6.45, 7) is 7.86. The Labute approximate surface area is 153 Å². The molecule has 0 amide bonds. The third kappa shape index (κ3) is 3.84. The Morgan fingerprint density at radius 2 is 1.96 bits per heavy atom. The van der Waals surface area contributed by atoms with Gasteiger partial charge in [-0.2, -0.15) is 0 Å². The van der Waals surface area contributed by atoms with Crippen LogP contribution in [0.1, 0.15) is 61.9 Å². The van der Waals surface area contributed by atoms with E-state index >= 15 is 0 Å². The number of hydrogen-bond acceptors (Lipinski definition) is 4. The highest BCUT2D eigenvalue weighted by Gasteiger charge is 2.24. The zero-order valence-corrected chi connectivity index (χ0v) is 16.0. The summed E-state index contributed by atoms with van der Waals surface area (Å²) in [4.78, 5) is 26.9. The maximum absolute atomic E-state index is 12.5. The van der Waals surface area contributed by atoms with Gasteiger partial charge in [0.15, 0.2) is 6.10 Å². The largest absolute Gasteiger partial charge is 0.450 e. The van der Waals surface area contributed by atoms with E-state index in [4.69, 9.17) is 4.74 Å². The van der Waals surface area contributed by atoms with Crippen LogP contribution in [0, 0.1) is 19.8 Å². The summed E-state index contributed by atoms with van der Waals surface area (Å²) in [5, 5.41) is 0. The number of Topliss-reactive ketones (excluding diaryl/α,β-unsaturated/α-hetero) is 1. The van der Waals surface area contributed by atoms with Gasteiger partial charge in [0.2, 0.25) is 5.78 Å². The molecule has 0 unspecified atom stereocenters. The Balaban J connectivity index is 1.70. The minimum absolute atomic E-state index is 0.161. The first-order valence-electron chi connectivity index (χ1n) is 8.79. The van der Waals surface area contributed by atoms with Crippen LogP contribution in [-0.2, 0) is 17.6 Å². The van der Waals surface area contributed by atoms with Gasteiger partial charge >= 0.3 is 5.97 Å². The molecule has 4 heteroatoms. The number of hydrogen-bond donors (Lipinski definition) is 0. The quantitative estimate of drug-likeness (QED) is 0.577. The molecule has 0 bridgehead atoms. The summed E-state index contributed by atoms with van der Waals surface area (Å²) >= 11 is 1.51. The molecular weight excluding hydrogens is 332 g/mol. The van der Waals surface area contributed by atoms with Crippen LogP contribution in [0.4, 0.5) is 0 Å². The van der Waals surface area contributed by atoms with Gasteiger partial charge in [0.25, 0.3) is 0 Å². The Kier molecular flexibility index (Phi) is 5.09. The average Bonchev–Trinajstić information content (AvgIpc) is 2.99. The van der Waals surface area contributed by atoms with E-state index in [1.54, 1.807) is 13.0 Å². The molecule has 3 nitrogen and oxygen atoms in total. The Hall–Kier alpha value is -1.94. The van der Waals surface area contributed by atoms with Gasteiger partial charge in [0, 0.05) is 10.4 Å². The van der Waals surface area contributed by atoms with E-state index in [0.29, 0.717) is 16.4 Å². The van der Waals surface area contributed by atoms with Gasteiger partial charge < -0.3 is 4.74 Å². The van der Waals surface area contributed by atoms with E-state index in [-0.39, 0.29) is 5.78 Å². The highest BCUT2D eigenvalue weighted by molar-refractivity contribution is 7.14. The lowest BCUT2D eigenvalue weighted by atomic mass is 9.90. The molecule has 0 saturated carbocycles. The summed E-state index contributed by atoms with van der Waals surface area (Å²) in [6, 6.07) is 7.52. The smallest absolute Gasteiger partial charge is 0.349 e. The zero-order chi connectivity index (χ0) is 18.1. The first-order valence-corrected chi connectivity index (χ1v) is 9.61. The maximum atomic E-state index is 12.5. The van der Waals surface area contributed by atoms with E-state index in [1.165, 1.54) is 28.2 Å². The van der Waals surface area contributed by atoms with Crippen LogP contribution in [0.15, 0.2) is 24.3 Å². The summed E-state index contributed by atoms with van der Waals surface area (Å²) in [5.74, 6) is 0.111. The molecule has 3 rings (SSSR count). The van der Waals surface area contributed by atoms with Gasteiger partial charge in [-0.3, -0.25) is 4.79 Å². The standard InChI is InChI=1S/C21H24O3S/c1-12-5-8-18-17(9-12)11-19(25-18)21(23)24-15(4)20(22)16-7-6-13(2)14(3)10-16/h6-7,10-12,15H,5,8-9H2,1-4H3/t12-,15+/m0/s1. The number of fused-ring (bicyclic) bond motifs is 1. The number of carbonyl (C=O) groups excluding carboxylic acids is 2. The molecular formula is C21H24O3S. The Morgan fingerprint density at radius 1 is 1.20 bits per heavy atom. The molecule has 1 aromatic heterocycles. The molecule has 25 heavy (non-hydrogen) atoms. The second-order valence-corrected chi connectivity index (χ2v) is 8.25. The van der Waals surface area contributed by atoms with E-state index < -0.39 is 12.1 Å². The van der Waals surface area contributed by atoms with Gasteiger partial charge in [-0.25, -0.2) is 4.79 Å². The van der Waals surface area contributed by atoms with Crippen LogP contribution in [0.3, 0.4) is 0 Å². The van der Waals surface area contributed by atoms with Crippen molar-refractivity contribution in [3.05, 3.63) is 56.3 Å². The summed E-state index contributed by atoms with van der Waals surface area (Å²) in [5.41, 5.74) is 4.05. The van der Waals surface area contributed by atoms with Crippen LogP contribution >= 0.6 is 11.3 Å². The number of rotatable bonds is 4. The number of thiophene rings is 1. The second-order valence-electron chi connectivity index (χ2n) is 7.12. The SMILES string of the molecule is Cc1ccc(C(=O)[C@@H](C)OC(=O)c2cc3c(s2)CC[C@H](C)C3)cc1C. The zero-order valence-electron chi connectivity index (χ0n) is 15.2. The van der Waals surface area contributed by atoms with Gasteiger partial charge in [0.05, 0.1) is 0 Å². The topological polar surface area (TPSA) is 43.4 Å². The Morgan fingerprint density at radius 3 is 2.68 bits per heavy atom. The van der Waals surface area contributed by atoms with Gasteiger partial charge in [-0.05, 0) is 74.8 Å². The van der Waals surface area contributed by atoms with Crippen molar-refractivity contribution in [2.45, 2.75) is 53.1 Å². The van der Waals surface area contributed by atoms with Crippen molar-refractivity contribution in [2.75, 3.05) is 0 Å². The van der Waals surface area contributed by atoms with Crippen LogP contribution in [0.2, 0.25) is 0 Å². The van der Waals surface area contributed by atoms with E-state index in [1.807, 2.05) is 32.0 Å². The van der Waals surface area contributed by atoms with Gasteiger partial charge in [0.1, 0.15) is 4.88 Å². The van der Waals surface area contributed by atoms with Crippen LogP contribution in [0.25, 0.3) is 0 Å². The normalized spacial score (nSPS) is 17.7. The molecule has 1 aliphatic carbocycles. The lowest BCUT2D eigenvalue weighted by Crippen LogP contribution is -2.24. The third-order valence-electron chi connectivity index (χ3n) is 4.97. The molecule has 1 aliphatic rings. The van der Waals surface area contributed by atoms with Crippen molar-refractivity contribution in [1.82, 2.24) is 0 Å². The first-order chi connectivity index (χ1) is 11.8. The molecule has 0 N–H and O–H groups in total. The predicted octanol–water partition coefficient (Wildman–Crippen LogP) is 4.92. The van der Waals surface area contributed by atoms with Crippen molar-refractivity contribution in [3.63, 3.8) is 0 Å². The number of ketones is 1. The van der Waals surface area contributed by atoms with Crippen LogP contribution in [-0.4, -0.2) is 17.9 Å². The third-order valence-corrected chi connectivity index (χ3v) is 6.19. The maximum Gasteiger partial charge on any atom is 0.349 e. The molecule has 132 valence electrons. The molecule has 1 heterocycles. The lowest BCUT2D eigenvalue weighted by Gasteiger charge is -2.16. The minimum Gasteiger partial charge on any atom is -0.450 e. The van der Waals surface area contributed by atoms with Crippen molar-refractivity contribution in [3.8, 4) is 0 Å². The molecule has 2 aromatic rings. The molecule has 0 radical (unpaired) electrons. The number of esters is 1. The fourth-order valence-electron chi connectivity index (χ4n) is 3.21. The Bertz CT molecular complexity index is 819. The minimum atomic E-state index is -0.785. The summed E-state index contributed by atoms with van der Waals surface area (Å²) in [7, 11) is 0. The first kappa shape index (κ1) is 17.9. The summed E-state index contributed by atoms with van der Waals surface area (Å²) < 4.78 is 5.45. The van der Waals surface area contributed by atoms with Crippen molar-refractivity contribution in [1.29, 1.82) is 0 Å². The van der Waals surface area contributed by atoms with E-state index in [0.717, 1.165) is 24.0 Å². The van der Waals surface area contributed by atoms with E-state index in [9.17, 15) is 9.59 Å². The van der Waals surface area contributed by atoms with Crippen LogP contribution < -0.4 is 0 Å². The van der Waals surface area contributed by atoms with Crippen molar-refractivity contribution in [2.24, 2.45) is 5.92 Å². The second kappa shape index (κ2) is 7.12. The molecule has 0 aliphatic heterocycles.